The number of hydrogen-bond acceptors (Lipinski definition) is 2. The van der Waals surface area contributed by atoms with E-state index in [0.29, 0.717) is 17.7 Å². The van der Waals surface area contributed by atoms with Crippen LogP contribution in [0.4, 0.5) is 0 Å². The van der Waals surface area contributed by atoms with E-state index >= 15 is 0 Å². The van der Waals surface area contributed by atoms with E-state index in [0.717, 1.165) is 24.8 Å². The third kappa shape index (κ3) is 2.83. The zero-order valence-corrected chi connectivity index (χ0v) is 13.7. The van der Waals surface area contributed by atoms with Crippen LogP contribution in [0.1, 0.15) is 74.6 Å². The maximum absolute atomic E-state index is 10.3. The van der Waals surface area contributed by atoms with Gasteiger partial charge in [-0.2, -0.15) is 0 Å². The molecule has 2 N–H and O–H groups in total. The summed E-state index contributed by atoms with van der Waals surface area (Å²) < 4.78 is 0. The lowest BCUT2D eigenvalue weighted by Crippen LogP contribution is -2.31. The first kappa shape index (κ1) is 14.9. The molecule has 1 aromatic carbocycles. The Bertz CT molecular complexity index is 511. The largest absolute Gasteiger partial charge is 0.508 e. The predicted octanol–water partition coefficient (Wildman–Crippen LogP) is 4.66. The Morgan fingerprint density at radius 3 is 2.67 bits per heavy atom. The summed E-state index contributed by atoms with van der Waals surface area (Å²) in [4.78, 5) is 0. The molecule has 0 radical (unpaired) electrons. The molecule has 0 aliphatic heterocycles. The predicted molar refractivity (Wildman–Crippen MR) is 87.7 cm³/mol. The van der Waals surface area contributed by atoms with Gasteiger partial charge in [-0.05, 0) is 61.3 Å². The van der Waals surface area contributed by atoms with Gasteiger partial charge in [-0.3, -0.25) is 0 Å². The van der Waals surface area contributed by atoms with Crippen molar-refractivity contribution in [1.82, 2.24) is 5.32 Å². The normalized spacial score (nSPS) is 32.1. The van der Waals surface area contributed by atoms with Gasteiger partial charge < -0.3 is 10.4 Å². The third-order valence-electron chi connectivity index (χ3n) is 5.83. The third-order valence-corrected chi connectivity index (χ3v) is 5.83. The van der Waals surface area contributed by atoms with E-state index in [9.17, 15) is 5.11 Å². The average Bonchev–Trinajstić information content (AvgIpc) is 2.80. The van der Waals surface area contributed by atoms with Gasteiger partial charge in [0.15, 0.2) is 0 Å². The van der Waals surface area contributed by atoms with Gasteiger partial charge in [0.1, 0.15) is 5.75 Å². The number of phenols is 1. The Labute approximate surface area is 129 Å². The minimum absolute atomic E-state index is 0.337. The molecule has 3 rings (SSSR count). The van der Waals surface area contributed by atoms with E-state index in [2.05, 4.69) is 32.2 Å². The molecule has 1 fully saturated rings. The quantitative estimate of drug-likeness (QED) is 0.847. The number of benzene rings is 1. The highest BCUT2D eigenvalue weighted by molar-refractivity contribution is 5.50. The number of nitrogens with one attached hydrogen (secondary N) is 1. The lowest BCUT2D eigenvalue weighted by Gasteiger charge is -2.30. The molecule has 4 unspecified atom stereocenters. The van der Waals surface area contributed by atoms with Gasteiger partial charge in [0, 0.05) is 11.6 Å². The fourth-order valence-electron chi connectivity index (χ4n) is 4.52. The van der Waals surface area contributed by atoms with Crippen LogP contribution in [0.25, 0.3) is 0 Å². The fraction of sp³-hybridized carbons (Fsp3) is 0.684. The van der Waals surface area contributed by atoms with Crippen LogP contribution in [-0.4, -0.2) is 11.7 Å². The molecule has 0 aromatic heterocycles. The van der Waals surface area contributed by atoms with E-state index in [1.54, 1.807) is 0 Å². The van der Waals surface area contributed by atoms with E-state index in [-0.39, 0.29) is 0 Å². The maximum Gasteiger partial charge on any atom is 0.120 e. The first-order valence-corrected chi connectivity index (χ1v) is 8.63. The van der Waals surface area contributed by atoms with Gasteiger partial charge in [0.05, 0.1) is 0 Å². The molecule has 1 aromatic rings. The van der Waals surface area contributed by atoms with Gasteiger partial charge in [-0.15, -0.1) is 0 Å². The smallest absolute Gasteiger partial charge is 0.120 e. The highest BCUT2D eigenvalue weighted by atomic mass is 16.3. The Morgan fingerprint density at radius 2 is 1.90 bits per heavy atom. The second kappa shape index (κ2) is 6.00. The molecule has 2 aliphatic carbocycles. The summed E-state index contributed by atoms with van der Waals surface area (Å²) in [6, 6.07) is 4.25. The lowest BCUT2D eigenvalue weighted by atomic mass is 9.80. The number of fused-ring (bicyclic) bond motifs is 1. The monoisotopic (exact) mass is 287 g/mol. The SMILES string of the molecule is Cc1ccc(O)c2c1C(C)CC2NCC1CCCCC1C. The Morgan fingerprint density at radius 1 is 1.14 bits per heavy atom. The van der Waals surface area contributed by atoms with E-state index < -0.39 is 0 Å². The molecule has 0 amide bonds. The van der Waals surface area contributed by atoms with Crippen molar-refractivity contribution in [3.8, 4) is 5.75 Å². The molecule has 0 spiro atoms. The summed E-state index contributed by atoms with van der Waals surface area (Å²) in [6.07, 6.45) is 6.66. The standard InChI is InChI=1S/C19H29NO/c1-12-6-4-5-7-15(12)11-20-16-10-14(3)18-13(2)8-9-17(21)19(16)18/h8-9,12,14-16,20-21H,4-7,10-11H2,1-3H3. The van der Waals surface area contributed by atoms with Crippen molar-refractivity contribution in [3.05, 3.63) is 28.8 Å². The molecule has 116 valence electrons. The van der Waals surface area contributed by atoms with Crippen LogP contribution in [0.3, 0.4) is 0 Å². The van der Waals surface area contributed by atoms with Gasteiger partial charge in [0.25, 0.3) is 0 Å². The number of aryl methyl sites for hydroxylation is 1. The van der Waals surface area contributed by atoms with Crippen molar-refractivity contribution in [1.29, 1.82) is 0 Å². The Balaban J connectivity index is 1.73. The molecular formula is C19H29NO. The zero-order chi connectivity index (χ0) is 15.0. The van der Waals surface area contributed by atoms with Crippen molar-refractivity contribution in [2.75, 3.05) is 6.54 Å². The van der Waals surface area contributed by atoms with E-state index in [4.69, 9.17) is 0 Å². The number of rotatable bonds is 3. The van der Waals surface area contributed by atoms with Crippen LogP contribution in [0.15, 0.2) is 12.1 Å². The molecule has 2 nitrogen and oxygen atoms in total. The van der Waals surface area contributed by atoms with Gasteiger partial charge in [-0.1, -0.05) is 39.2 Å². The van der Waals surface area contributed by atoms with Crippen molar-refractivity contribution in [2.24, 2.45) is 11.8 Å². The minimum Gasteiger partial charge on any atom is -0.508 e. The average molecular weight is 287 g/mol. The summed E-state index contributed by atoms with van der Waals surface area (Å²) in [5.74, 6) is 2.68. The summed E-state index contributed by atoms with van der Waals surface area (Å²) >= 11 is 0. The first-order valence-electron chi connectivity index (χ1n) is 8.63. The summed E-state index contributed by atoms with van der Waals surface area (Å²) in [6.45, 7) is 7.96. The molecule has 2 heteroatoms. The number of aromatic hydroxyl groups is 1. The highest BCUT2D eigenvalue weighted by Crippen LogP contribution is 2.46. The van der Waals surface area contributed by atoms with Crippen LogP contribution in [0.5, 0.6) is 5.75 Å². The highest BCUT2D eigenvalue weighted by Gasteiger charge is 2.32. The minimum atomic E-state index is 0.337. The van der Waals surface area contributed by atoms with Crippen molar-refractivity contribution < 1.29 is 5.11 Å². The van der Waals surface area contributed by atoms with Crippen molar-refractivity contribution in [2.45, 2.75) is 64.8 Å². The molecule has 0 bridgehead atoms. The van der Waals surface area contributed by atoms with Gasteiger partial charge in [0.2, 0.25) is 0 Å². The summed E-state index contributed by atoms with van der Waals surface area (Å²) in [7, 11) is 0. The van der Waals surface area contributed by atoms with Crippen molar-refractivity contribution >= 4 is 0 Å². The summed E-state index contributed by atoms with van der Waals surface area (Å²) in [5.41, 5.74) is 3.88. The van der Waals surface area contributed by atoms with Crippen LogP contribution in [0, 0.1) is 18.8 Å². The molecule has 2 aliphatic rings. The second-order valence-corrected chi connectivity index (χ2v) is 7.35. The first-order chi connectivity index (χ1) is 10.1. The molecule has 21 heavy (non-hydrogen) atoms. The van der Waals surface area contributed by atoms with Gasteiger partial charge in [-0.25, -0.2) is 0 Å². The number of phenolic OH excluding ortho intramolecular Hbond substituents is 1. The Hall–Kier alpha value is -1.02. The maximum atomic E-state index is 10.3. The lowest BCUT2D eigenvalue weighted by molar-refractivity contribution is 0.239. The van der Waals surface area contributed by atoms with Crippen LogP contribution < -0.4 is 5.32 Å². The molecule has 0 heterocycles. The van der Waals surface area contributed by atoms with E-state index in [1.165, 1.54) is 42.4 Å². The van der Waals surface area contributed by atoms with Crippen LogP contribution >= 0.6 is 0 Å². The molecule has 1 saturated carbocycles. The molecule has 4 atom stereocenters. The zero-order valence-electron chi connectivity index (χ0n) is 13.7. The topological polar surface area (TPSA) is 32.3 Å². The summed E-state index contributed by atoms with van der Waals surface area (Å²) in [5, 5.41) is 14.1. The molecular weight excluding hydrogens is 258 g/mol. The van der Waals surface area contributed by atoms with Crippen molar-refractivity contribution in [3.63, 3.8) is 0 Å². The molecule has 0 saturated heterocycles. The number of hydrogen-bond donors (Lipinski definition) is 2. The fourth-order valence-corrected chi connectivity index (χ4v) is 4.52. The van der Waals surface area contributed by atoms with Crippen LogP contribution in [-0.2, 0) is 0 Å². The van der Waals surface area contributed by atoms with E-state index in [1.807, 2.05) is 6.07 Å². The van der Waals surface area contributed by atoms with Gasteiger partial charge >= 0.3 is 0 Å². The second-order valence-electron chi connectivity index (χ2n) is 7.35. The van der Waals surface area contributed by atoms with Crippen LogP contribution in [0.2, 0.25) is 0 Å². The Kier molecular flexibility index (Phi) is 4.26.